The number of fused-ring (bicyclic) bond motifs is 1. The molecule has 1 atom stereocenters. The Balaban J connectivity index is 1.78. The molecule has 25 heavy (non-hydrogen) atoms. The standard InChI is InChI=1S/C19H19FN2O2S/c1-22(11-12-3-6-14(25-2)7-4-12)19(24)16-10-18(23)21-17-9-13(20)5-8-15(16)17/h3-9,16H,10-11H2,1-2H3,(H,21,23)/t16-/m0/s1. The fourth-order valence-electron chi connectivity index (χ4n) is 3.01. The summed E-state index contributed by atoms with van der Waals surface area (Å²) >= 11 is 1.66. The number of anilines is 1. The summed E-state index contributed by atoms with van der Waals surface area (Å²) in [6.45, 7) is 0.460. The number of nitrogens with zero attached hydrogens (tertiary/aromatic N) is 1. The molecule has 130 valence electrons. The Morgan fingerprint density at radius 2 is 2.00 bits per heavy atom. The third kappa shape index (κ3) is 3.85. The number of benzene rings is 2. The molecule has 2 aromatic carbocycles. The van der Waals surface area contributed by atoms with E-state index in [1.54, 1.807) is 29.8 Å². The first-order valence-corrected chi connectivity index (χ1v) is 9.17. The van der Waals surface area contributed by atoms with Crippen molar-refractivity contribution in [2.75, 3.05) is 18.6 Å². The zero-order chi connectivity index (χ0) is 18.0. The molecule has 2 amide bonds. The van der Waals surface area contributed by atoms with Crippen LogP contribution in [0.25, 0.3) is 0 Å². The van der Waals surface area contributed by atoms with Crippen LogP contribution in [-0.4, -0.2) is 30.0 Å². The lowest BCUT2D eigenvalue weighted by molar-refractivity contribution is -0.134. The number of thioether (sulfide) groups is 1. The number of carbonyl (C=O) groups excluding carboxylic acids is 2. The molecule has 0 saturated carbocycles. The third-order valence-electron chi connectivity index (χ3n) is 4.31. The molecular formula is C19H19FN2O2S. The van der Waals surface area contributed by atoms with Gasteiger partial charge in [0.2, 0.25) is 11.8 Å². The van der Waals surface area contributed by atoms with E-state index in [0.29, 0.717) is 17.8 Å². The number of halogens is 1. The lowest BCUT2D eigenvalue weighted by Gasteiger charge is -2.28. The number of carbonyl (C=O) groups is 2. The van der Waals surface area contributed by atoms with Gasteiger partial charge < -0.3 is 10.2 Å². The zero-order valence-electron chi connectivity index (χ0n) is 14.1. The van der Waals surface area contributed by atoms with E-state index in [2.05, 4.69) is 5.32 Å². The van der Waals surface area contributed by atoms with Crippen molar-refractivity contribution in [1.29, 1.82) is 0 Å². The molecule has 0 saturated heterocycles. The molecule has 0 aliphatic carbocycles. The molecular weight excluding hydrogens is 339 g/mol. The van der Waals surface area contributed by atoms with Gasteiger partial charge in [-0.15, -0.1) is 11.8 Å². The van der Waals surface area contributed by atoms with E-state index in [1.165, 1.54) is 12.1 Å². The molecule has 0 fully saturated rings. The van der Waals surface area contributed by atoms with Crippen LogP contribution in [0.3, 0.4) is 0 Å². The summed E-state index contributed by atoms with van der Waals surface area (Å²) in [5.41, 5.74) is 2.07. The van der Waals surface area contributed by atoms with Gasteiger partial charge in [0.1, 0.15) is 5.82 Å². The van der Waals surface area contributed by atoms with Crippen LogP contribution in [0.4, 0.5) is 10.1 Å². The molecule has 0 radical (unpaired) electrons. The molecule has 1 heterocycles. The maximum absolute atomic E-state index is 13.4. The Hall–Kier alpha value is -2.34. The SMILES string of the molecule is CSc1ccc(CN(C)C(=O)[C@H]2CC(=O)Nc3cc(F)ccc32)cc1. The van der Waals surface area contributed by atoms with Crippen molar-refractivity contribution in [2.24, 2.45) is 0 Å². The van der Waals surface area contributed by atoms with Gasteiger partial charge in [0.25, 0.3) is 0 Å². The molecule has 1 N–H and O–H groups in total. The van der Waals surface area contributed by atoms with Crippen molar-refractivity contribution in [2.45, 2.75) is 23.8 Å². The van der Waals surface area contributed by atoms with Gasteiger partial charge in [-0.3, -0.25) is 9.59 Å². The monoisotopic (exact) mass is 358 g/mol. The lowest BCUT2D eigenvalue weighted by Crippen LogP contribution is -2.36. The van der Waals surface area contributed by atoms with E-state index < -0.39 is 11.7 Å². The Morgan fingerprint density at radius 3 is 2.68 bits per heavy atom. The number of hydrogen-bond donors (Lipinski definition) is 1. The first-order valence-electron chi connectivity index (χ1n) is 7.95. The fourth-order valence-corrected chi connectivity index (χ4v) is 3.41. The molecule has 4 nitrogen and oxygen atoms in total. The highest BCUT2D eigenvalue weighted by Gasteiger charge is 2.32. The Kier molecular flexibility index (Phi) is 5.08. The average Bonchev–Trinajstić information content (AvgIpc) is 2.60. The van der Waals surface area contributed by atoms with Crippen LogP contribution in [0.2, 0.25) is 0 Å². The summed E-state index contributed by atoms with van der Waals surface area (Å²) in [4.78, 5) is 27.5. The first kappa shape index (κ1) is 17.5. The van der Waals surface area contributed by atoms with E-state index in [1.807, 2.05) is 30.5 Å². The molecule has 0 unspecified atom stereocenters. The smallest absolute Gasteiger partial charge is 0.230 e. The van der Waals surface area contributed by atoms with Gasteiger partial charge in [-0.2, -0.15) is 0 Å². The number of hydrogen-bond acceptors (Lipinski definition) is 3. The van der Waals surface area contributed by atoms with Crippen LogP contribution in [0.15, 0.2) is 47.4 Å². The summed E-state index contributed by atoms with van der Waals surface area (Å²) < 4.78 is 13.4. The van der Waals surface area contributed by atoms with E-state index in [0.717, 1.165) is 10.5 Å². The minimum atomic E-state index is -0.583. The maximum atomic E-state index is 13.4. The number of amides is 2. The van der Waals surface area contributed by atoms with Gasteiger partial charge in [0.15, 0.2) is 0 Å². The number of nitrogens with one attached hydrogen (secondary N) is 1. The van der Waals surface area contributed by atoms with E-state index >= 15 is 0 Å². The quantitative estimate of drug-likeness (QED) is 0.849. The minimum absolute atomic E-state index is 0.0766. The predicted octanol–water partition coefficient (Wildman–Crippen LogP) is 3.63. The van der Waals surface area contributed by atoms with Crippen LogP contribution in [0.5, 0.6) is 0 Å². The largest absolute Gasteiger partial charge is 0.341 e. The Bertz CT molecular complexity index is 808. The summed E-state index contributed by atoms with van der Waals surface area (Å²) in [7, 11) is 1.72. The predicted molar refractivity (Wildman–Crippen MR) is 97.1 cm³/mol. The van der Waals surface area contributed by atoms with E-state index in [9.17, 15) is 14.0 Å². The first-order chi connectivity index (χ1) is 12.0. The second kappa shape index (κ2) is 7.27. The molecule has 6 heteroatoms. The normalized spacial score (nSPS) is 16.1. The Morgan fingerprint density at radius 1 is 1.28 bits per heavy atom. The van der Waals surface area contributed by atoms with E-state index in [4.69, 9.17) is 0 Å². The summed E-state index contributed by atoms with van der Waals surface area (Å²) in [6.07, 6.45) is 2.09. The zero-order valence-corrected chi connectivity index (χ0v) is 14.9. The summed E-state index contributed by atoms with van der Waals surface area (Å²) in [6, 6.07) is 12.2. The average molecular weight is 358 g/mol. The molecule has 0 aromatic heterocycles. The lowest BCUT2D eigenvalue weighted by atomic mass is 9.89. The van der Waals surface area contributed by atoms with Crippen LogP contribution in [0, 0.1) is 5.82 Å². The number of rotatable bonds is 4. The summed E-state index contributed by atoms with van der Waals surface area (Å²) in [5.74, 6) is -1.43. The highest BCUT2D eigenvalue weighted by Crippen LogP contribution is 2.34. The molecule has 2 aromatic rings. The van der Waals surface area contributed by atoms with Gasteiger partial charge in [0.05, 0.1) is 5.92 Å². The van der Waals surface area contributed by atoms with Crippen molar-refractivity contribution < 1.29 is 14.0 Å². The van der Waals surface area contributed by atoms with Gasteiger partial charge in [0, 0.05) is 30.6 Å². The van der Waals surface area contributed by atoms with Gasteiger partial charge in [-0.25, -0.2) is 4.39 Å². The second-order valence-corrected chi connectivity index (χ2v) is 6.96. The molecule has 1 aliphatic heterocycles. The van der Waals surface area contributed by atoms with E-state index in [-0.39, 0.29) is 18.2 Å². The highest BCUT2D eigenvalue weighted by molar-refractivity contribution is 7.98. The maximum Gasteiger partial charge on any atom is 0.230 e. The molecule has 0 spiro atoms. The number of likely N-dealkylation sites (N-methyl/N-ethyl adjacent to an activating group) is 1. The molecule has 1 aliphatic rings. The van der Waals surface area contributed by atoms with Crippen LogP contribution >= 0.6 is 11.8 Å². The molecule has 3 rings (SSSR count). The second-order valence-electron chi connectivity index (χ2n) is 6.08. The van der Waals surface area contributed by atoms with Crippen molar-refractivity contribution in [3.8, 4) is 0 Å². The van der Waals surface area contributed by atoms with Crippen LogP contribution in [0.1, 0.15) is 23.5 Å². The minimum Gasteiger partial charge on any atom is -0.341 e. The van der Waals surface area contributed by atoms with Crippen LogP contribution < -0.4 is 5.32 Å². The Labute approximate surface area is 150 Å². The van der Waals surface area contributed by atoms with Crippen molar-refractivity contribution in [3.05, 3.63) is 59.4 Å². The van der Waals surface area contributed by atoms with Gasteiger partial charge in [-0.1, -0.05) is 18.2 Å². The van der Waals surface area contributed by atoms with Gasteiger partial charge >= 0.3 is 0 Å². The van der Waals surface area contributed by atoms with Gasteiger partial charge in [-0.05, 0) is 41.6 Å². The summed E-state index contributed by atoms with van der Waals surface area (Å²) in [5, 5.41) is 2.63. The highest BCUT2D eigenvalue weighted by atomic mass is 32.2. The van der Waals surface area contributed by atoms with Crippen molar-refractivity contribution in [1.82, 2.24) is 4.90 Å². The fraction of sp³-hybridized carbons (Fsp3) is 0.263. The van der Waals surface area contributed by atoms with Crippen molar-refractivity contribution >= 4 is 29.3 Å². The van der Waals surface area contributed by atoms with Crippen molar-refractivity contribution in [3.63, 3.8) is 0 Å². The van der Waals surface area contributed by atoms with Crippen LogP contribution in [-0.2, 0) is 16.1 Å². The third-order valence-corrected chi connectivity index (χ3v) is 5.05. The molecule has 0 bridgehead atoms. The topological polar surface area (TPSA) is 49.4 Å².